The predicted octanol–water partition coefficient (Wildman–Crippen LogP) is 13.3. The first-order valence-corrected chi connectivity index (χ1v) is 18.9. The predicted molar refractivity (Wildman–Crippen MR) is 229 cm³/mol. The summed E-state index contributed by atoms with van der Waals surface area (Å²) in [6.07, 6.45) is 0. The lowest BCUT2D eigenvalue weighted by molar-refractivity contribution is 0.670. The molecule has 0 bridgehead atoms. The maximum atomic E-state index is 6.38. The van der Waals surface area contributed by atoms with Gasteiger partial charge >= 0.3 is 0 Å². The number of fused-ring (bicyclic) bond motifs is 6. The fourth-order valence-electron chi connectivity index (χ4n) is 8.68. The van der Waals surface area contributed by atoms with Crippen LogP contribution in [0, 0.1) is 0 Å². The Labute approximate surface area is 321 Å². The van der Waals surface area contributed by atoms with Crippen LogP contribution in [0.5, 0.6) is 0 Å². The Balaban J connectivity index is 1.08. The number of aromatic nitrogens is 4. The summed E-state index contributed by atoms with van der Waals surface area (Å²) in [7, 11) is 0. The van der Waals surface area contributed by atoms with Gasteiger partial charge in [-0.3, -0.25) is 0 Å². The lowest BCUT2D eigenvalue weighted by Gasteiger charge is -2.12. The van der Waals surface area contributed by atoms with Gasteiger partial charge < -0.3 is 8.98 Å². The zero-order valence-corrected chi connectivity index (χ0v) is 30.0. The lowest BCUT2D eigenvalue weighted by Crippen LogP contribution is -2.00. The molecule has 3 aromatic heterocycles. The van der Waals surface area contributed by atoms with Crippen LogP contribution in [0.1, 0.15) is 0 Å². The molecule has 0 aliphatic rings. The van der Waals surface area contributed by atoms with E-state index in [0.29, 0.717) is 17.5 Å². The molecule has 0 saturated heterocycles. The van der Waals surface area contributed by atoms with Crippen molar-refractivity contribution in [2.24, 2.45) is 0 Å². The molecule has 3 heterocycles. The van der Waals surface area contributed by atoms with Gasteiger partial charge in [0.05, 0.1) is 11.0 Å². The maximum absolute atomic E-state index is 6.38. The number of para-hydroxylation sites is 3. The summed E-state index contributed by atoms with van der Waals surface area (Å²) < 4.78 is 8.76. The third-order valence-corrected chi connectivity index (χ3v) is 11.2. The van der Waals surface area contributed by atoms with Crippen LogP contribution in [0.15, 0.2) is 186 Å². The lowest BCUT2D eigenvalue weighted by atomic mass is 9.93. The fraction of sp³-hybridized carbons (Fsp3) is 0. The Morgan fingerprint density at radius 2 is 0.911 bits per heavy atom. The standard InChI is InChI=1S/C51H30N4O/c1-3-13-32(14-4-1)49-52-50(33-27-25-31(26-28-33)36-20-11-22-41-39-19-9-10-24-45(39)56-48(36)41)54-51(53-49)34-29-42-38-18-8-7-17-37(38)40-21-12-23-43-46(40)47(42)44(30-34)55(43)35-15-5-2-6-16-35/h1-30H. The highest BCUT2D eigenvalue weighted by Gasteiger charge is 2.22. The van der Waals surface area contributed by atoms with Crippen molar-refractivity contribution < 1.29 is 4.42 Å². The van der Waals surface area contributed by atoms with Gasteiger partial charge in [0.25, 0.3) is 0 Å². The molecule has 0 radical (unpaired) electrons. The molecule has 0 fully saturated rings. The average Bonchev–Trinajstić information content (AvgIpc) is 3.83. The first-order chi connectivity index (χ1) is 27.8. The first kappa shape index (κ1) is 30.8. The zero-order chi connectivity index (χ0) is 36.7. The molecule has 0 spiro atoms. The van der Waals surface area contributed by atoms with Crippen LogP contribution in [0.25, 0.3) is 116 Å². The quantitative estimate of drug-likeness (QED) is 0.167. The number of furan rings is 1. The van der Waals surface area contributed by atoms with Gasteiger partial charge in [0.2, 0.25) is 0 Å². The molecule has 9 aromatic carbocycles. The van der Waals surface area contributed by atoms with E-state index in [2.05, 4.69) is 156 Å². The van der Waals surface area contributed by atoms with Crippen LogP contribution in [0.3, 0.4) is 0 Å². The molecule has 260 valence electrons. The second-order valence-electron chi connectivity index (χ2n) is 14.4. The van der Waals surface area contributed by atoms with Gasteiger partial charge in [0.15, 0.2) is 17.5 Å². The highest BCUT2D eigenvalue weighted by atomic mass is 16.3. The van der Waals surface area contributed by atoms with Gasteiger partial charge in [-0.25, -0.2) is 15.0 Å². The molecule has 0 amide bonds. The topological polar surface area (TPSA) is 56.7 Å². The van der Waals surface area contributed by atoms with Crippen LogP contribution in [-0.2, 0) is 0 Å². The third-order valence-electron chi connectivity index (χ3n) is 11.2. The van der Waals surface area contributed by atoms with Crippen molar-refractivity contribution in [3.63, 3.8) is 0 Å². The number of rotatable bonds is 5. The van der Waals surface area contributed by atoms with Gasteiger partial charge in [-0.05, 0) is 63.5 Å². The monoisotopic (exact) mass is 714 g/mol. The molecule has 0 atom stereocenters. The molecule has 5 nitrogen and oxygen atoms in total. The minimum Gasteiger partial charge on any atom is -0.455 e. The zero-order valence-electron chi connectivity index (χ0n) is 30.0. The highest BCUT2D eigenvalue weighted by Crippen LogP contribution is 2.45. The molecule has 0 aliphatic carbocycles. The van der Waals surface area contributed by atoms with E-state index in [9.17, 15) is 0 Å². The van der Waals surface area contributed by atoms with Crippen molar-refractivity contribution >= 4 is 65.3 Å². The van der Waals surface area contributed by atoms with E-state index in [1.807, 2.05) is 30.3 Å². The van der Waals surface area contributed by atoms with Crippen molar-refractivity contribution in [2.45, 2.75) is 0 Å². The second kappa shape index (κ2) is 11.9. The minimum atomic E-state index is 0.613. The molecule has 0 saturated carbocycles. The van der Waals surface area contributed by atoms with Crippen molar-refractivity contribution in [1.82, 2.24) is 19.5 Å². The first-order valence-electron chi connectivity index (χ1n) is 18.9. The molecule has 5 heteroatoms. The maximum Gasteiger partial charge on any atom is 0.164 e. The van der Waals surface area contributed by atoms with Gasteiger partial charge in [-0.2, -0.15) is 0 Å². The molecule has 12 rings (SSSR count). The SMILES string of the molecule is c1ccc(-c2nc(-c3ccc(-c4cccc5c4oc4ccccc45)cc3)nc(-c3cc4c5ccccc5c5cccc6c5c4c(c3)n6-c3ccccc3)n2)cc1. The van der Waals surface area contributed by atoms with Gasteiger partial charge in [-0.15, -0.1) is 0 Å². The Morgan fingerprint density at radius 3 is 1.68 bits per heavy atom. The van der Waals surface area contributed by atoms with Crippen LogP contribution >= 0.6 is 0 Å². The van der Waals surface area contributed by atoms with E-state index in [-0.39, 0.29) is 0 Å². The normalized spacial score (nSPS) is 11.9. The number of hydrogen-bond donors (Lipinski definition) is 0. The second-order valence-corrected chi connectivity index (χ2v) is 14.4. The smallest absolute Gasteiger partial charge is 0.164 e. The molecule has 0 aliphatic heterocycles. The number of hydrogen-bond acceptors (Lipinski definition) is 4. The van der Waals surface area contributed by atoms with Gasteiger partial charge in [0.1, 0.15) is 11.2 Å². The number of nitrogens with zero attached hydrogens (tertiary/aromatic N) is 4. The molecule has 0 N–H and O–H groups in total. The summed E-state index contributed by atoms with van der Waals surface area (Å²) in [6.45, 7) is 0. The summed E-state index contributed by atoms with van der Waals surface area (Å²) in [4.78, 5) is 15.5. The summed E-state index contributed by atoms with van der Waals surface area (Å²) in [5.74, 6) is 1.86. The molecule has 12 aromatic rings. The fourth-order valence-corrected chi connectivity index (χ4v) is 8.68. The van der Waals surface area contributed by atoms with E-state index < -0.39 is 0 Å². The van der Waals surface area contributed by atoms with Crippen molar-refractivity contribution in [3.05, 3.63) is 182 Å². The molecule has 56 heavy (non-hydrogen) atoms. The summed E-state index contributed by atoms with van der Waals surface area (Å²) in [5.41, 5.74) is 10.1. The van der Waals surface area contributed by atoms with Crippen molar-refractivity contribution in [2.75, 3.05) is 0 Å². The van der Waals surface area contributed by atoms with Gasteiger partial charge in [-0.1, -0.05) is 146 Å². The average molecular weight is 715 g/mol. The Hall–Kier alpha value is -7.63. The van der Waals surface area contributed by atoms with E-state index in [1.165, 1.54) is 37.8 Å². The van der Waals surface area contributed by atoms with Crippen molar-refractivity contribution in [1.29, 1.82) is 0 Å². The van der Waals surface area contributed by atoms with E-state index in [0.717, 1.165) is 61.0 Å². The van der Waals surface area contributed by atoms with Crippen LogP contribution in [0.4, 0.5) is 0 Å². The van der Waals surface area contributed by atoms with E-state index >= 15 is 0 Å². The van der Waals surface area contributed by atoms with E-state index in [4.69, 9.17) is 19.4 Å². The Bertz CT molecular complexity index is 3460. The summed E-state index contributed by atoms with van der Waals surface area (Å²) in [5, 5.41) is 9.62. The summed E-state index contributed by atoms with van der Waals surface area (Å²) >= 11 is 0. The number of benzene rings is 9. The van der Waals surface area contributed by atoms with Crippen LogP contribution in [-0.4, -0.2) is 19.5 Å². The highest BCUT2D eigenvalue weighted by molar-refractivity contribution is 6.35. The largest absolute Gasteiger partial charge is 0.455 e. The molecular weight excluding hydrogens is 685 g/mol. The minimum absolute atomic E-state index is 0.613. The van der Waals surface area contributed by atoms with Crippen molar-refractivity contribution in [3.8, 4) is 51.0 Å². The van der Waals surface area contributed by atoms with Gasteiger partial charge in [0, 0.05) is 49.5 Å². The Kier molecular flexibility index (Phi) is 6.56. The van der Waals surface area contributed by atoms with E-state index in [1.54, 1.807) is 0 Å². The van der Waals surface area contributed by atoms with Crippen LogP contribution < -0.4 is 0 Å². The molecule has 0 unspecified atom stereocenters. The Morgan fingerprint density at radius 1 is 0.357 bits per heavy atom. The summed E-state index contributed by atoms with van der Waals surface area (Å²) in [6, 6.07) is 63.7. The molecular formula is C51H30N4O. The van der Waals surface area contributed by atoms with Crippen LogP contribution in [0.2, 0.25) is 0 Å². The third kappa shape index (κ3) is 4.58.